The second-order valence-corrected chi connectivity index (χ2v) is 6.86. The number of rotatable bonds is 6. The van der Waals surface area contributed by atoms with Gasteiger partial charge in [0.15, 0.2) is 0 Å². The molecule has 6 heteroatoms. The number of hydrogen-bond donors (Lipinski definition) is 2. The van der Waals surface area contributed by atoms with Gasteiger partial charge in [0.2, 0.25) is 5.91 Å². The maximum atomic E-state index is 12.5. The summed E-state index contributed by atoms with van der Waals surface area (Å²) in [5, 5.41) is 5.35. The van der Waals surface area contributed by atoms with Crippen LogP contribution in [-0.4, -0.2) is 24.4 Å². The normalized spacial score (nSPS) is 16.6. The van der Waals surface area contributed by atoms with Crippen LogP contribution in [0.3, 0.4) is 0 Å². The van der Waals surface area contributed by atoms with Crippen molar-refractivity contribution in [3.8, 4) is 0 Å². The van der Waals surface area contributed by atoms with Gasteiger partial charge in [-0.25, -0.2) is 4.79 Å². The molecular weight excluding hydrogens is 344 g/mol. The molecule has 2 aromatic rings. The van der Waals surface area contributed by atoms with Crippen LogP contribution < -0.4 is 16.3 Å². The Hall–Kier alpha value is -2.89. The number of piperidine rings is 1. The second-order valence-electron chi connectivity index (χ2n) is 6.86. The lowest BCUT2D eigenvalue weighted by Gasteiger charge is -2.22. The quantitative estimate of drug-likeness (QED) is 0.818. The molecular formula is C21H24N2O4. The molecule has 1 aromatic heterocycles. The minimum absolute atomic E-state index is 0.0276. The molecule has 0 radical (unpaired) electrons. The van der Waals surface area contributed by atoms with Gasteiger partial charge < -0.3 is 15.1 Å². The number of nitrogens with one attached hydrogen (secondary N) is 2. The molecule has 1 atom stereocenters. The molecule has 1 fully saturated rings. The Balaban J connectivity index is 1.64. The molecule has 6 nitrogen and oxygen atoms in total. The van der Waals surface area contributed by atoms with Gasteiger partial charge in [-0.2, -0.15) is 0 Å². The van der Waals surface area contributed by atoms with Crippen molar-refractivity contribution in [3.63, 3.8) is 0 Å². The van der Waals surface area contributed by atoms with Gasteiger partial charge in [-0.3, -0.25) is 9.59 Å². The molecule has 3 rings (SSSR count). The molecule has 1 aliphatic heterocycles. The van der Waals surface area contributed by atoms with E-state index in [4.69, 9.17) is 4.42 Å². The van der Waals surface area contributed by atoms with Gasteiger partial charge in [0.1, 0.15) is 17.4 Å². The van der Waals surface area contributed by atoms with Gasteiger partial charge >= 0.3 is 5.63 Å². The summed E-state index contributed by atoms with van der Waals surface area (Å²) in [5.41, 5.74) is 1.12. The molecule has 0 saturated carbocycles. The third kappa shape index (κ3) is 4.84. The monoisotopic (exact) mass is 368 g/mol. The van der Waals surface area contributed by atoms with E-state index in [0.717, 1.165) is 19.3 Å². The molecule has 0 spiro atoms. The van der Waals surface area contributed by atoms with Crippen molar-refractivity contribution in [2.45, 2.75) is 45.1 Å². The van der Waals surface area contributed by atoms with Crippen molar-refractivity contribution in [1.29, 1.82) is 0 Å². The number of aryl methyl sites for hydroxylation is 3. The summed E-state index contributed by atoms with van der Waals surface area (Å²) in [6, 6.07) is 11.2. The zero-order chi connectivity index (χ0) is 19.2. The van der Waals surface area contributed by atoms with Crippen LogP contribution in [0.25, 0.3) is 0 Å². The van der Waals surface area contributed by atoms with Crippen LogP contribution in [0.15, 0.2) is 45.6 Å². The number of carbonyl (C=O) groups is 2. The summed E-state index contributed by atoms with van der Waals surface area (Å²) in [6.07, 6.45) is 3.73. The van der Waals surface area contributed by atoms with Crippen LogP contribution >= 0.6 is 0 Å². The highest BCUT2D eigenvalue weighted by Gasteiger charge is 2.26. The topological polar surface area (TPSA) is 88.4 Å². The Morgan fingerprint density at radius 2 is 2.00 bits per heavy atom. The van der Waals surface area contributed by atoms with Crippen molar-refractivity contribution in [2.75, 3.05) is 6.54 Å². The summed E-state index contributed by atoms with van der Waals surface area (Å²) >= 11 is 0. The molecule has 1 aliphatic rings. The largest absolute Gasteiger partial charge is 0.427 e. The van der Waals surface area contributed by atoms with E-state index >= 15 is 0 Å². The highest BCUT2D eigenvalue weighted by Crippen LogP contribution is 2.12. The van der Waals surface area contributed by atoms with E-state index in [0.29, 0.717) is 30.7 Å². The smallest absolute Gasteiger partial charge is 0.349 e. The predicted octanol–water partition coefficient (Wildman–Crippen LogP) is 2.13. The fourth-order valence-electron chi connectivity index (χ4n) is 3.32. The van der Waals surface area contributed by atoms with Crippen molar-refractivity contribution in [2.24, 2.45) is 0 Å². The molecule has 2 heterocycles. The average Bonchev–Trinajstić information content (AvgIpc) is 2.64. The highest BCUT2D eigenvalue weighted by molar-refractivity contribution is 5.98. The summed E-state index contributed by atoms with van der Waals surface area (Å²) in [4.78, 5) is 36.6. The first-order chi connectivity index (χ1) is 13.0. The van der Waals surface area contributed by atoms with Gasteiger partial charge in [-0.1, -0.05) is 30.3 Å². The first kappa shape index (κ1) is 18.9. The van der Waals surface area contributed by atoms with Crippen LogP contribution in [0.1, 0.15) is 46.5 Å². The van der Waals surface area contributed by atoms with Crippen molar-refractivity contribution in [1.82, 2.24) is 10.6 Å². The minimum atomic E-state index is -0.654. The van der Waals surface area contributed by atoms with Crippen molar-refractivity contribution < 1.29 is 14.0 Å². The van der Waals surface area contributed by atoms with Gasteiger partial charge in [-0.05, 0) is 49.8 Å². The van der Waals surface area contributed by atoms with Crippen molar-refractivity contribution >= 4 is 11.8 Å². The zero-order valence-corrected chi connectivity index (χ0v) is 15.4. The number of carbonyl (C=O) groups excluding carboxylic acids is 2. The van der Waals surface area contributed by atoms with Crippen LogP contribution in [0.5, 0.6) is 0 Å². The van der Waals surface area contributed by atoms with Crippen LogP contribution in [0, 0.1) is 6.92 Å². The third-order valence-corrected chi connectivity index (χ3v) is 4.75. The van der Waals surface area contributed by atoms with Gasteiger partial charge in [0.05, 0.1) is 0 Å². The standard InChI is InChI=1S/C21H24N2O4/c1-14-13-16(10-5-9-15-7-3-2-4-8-15)27-21(26)18(14)20(25)23-17-11-6-12-22-19(17)24/h2-4,7-8,13,17H,5-6,9-12H2,1H3,(H,22,24)(H,23,25). The average molecular weight is 368 g/mol. The number of amides is 2. The Bertz CT molecular complexity index is 873. The van der Waals surface area contributed by atoms with E-state index in [1.807, 2.05) is 18.2 Å². The second kappa shape index (κ2) is 8.66. The first-order valence-corrected chi connectivity index (χ1v) is 9.30. The molecule has 27 heavy (non-hydrogen) atoms. The molecule has 1 unspecified atom stereocenters. The van der Waals surface area contributed by atoms with Crippen LogP contribution in [0.2, 0.25) is 0 Å². The van der Waals surface area contributed by atoms with E-state index in [-0.39, 0.29) is 11.5 Å². The lowest BCUT2D eigenvalue weighted by atomic mass is 10.0. The van der Waals surface area contributed by atoms with E-state index < -0.39 is 17.6 Å². The molecule has 0 bridgehead atoms. The van der Waals surface area contributed by atoms with Gasteiger partial charge in [0.25, 0.3) is 5.91 Å². The summed E-state index contributed by atoms with van der Waals surface area (Å²) in [7, 11) is 0. The SMILES string of the molecule is Cc1cc(CCCc2ccccc2)oc(=O)c1C(=O)NC1CCCNC1=O. The highest BCUT2D eigenvalue weighted by atomic mass is 16.4. The molecule has 0 aliphatic carbocycles. The molecule has 1 saturated heterocycles. The number of hydrogen-bond acceptors (Lipinski definition) is 4. The first-order valence-electron chi connectivity index (χ1n) is 9.30. The maximum absolute atomic E-state index is 12.5. The summed E-state index contributed by atoms with van der Waals surface area (Å²) in [6.45, 7) is 2.33. The molecule has 1 aromatic carbocycles. The Kier molecular flexibility index (Phi) is 6.06. The third-order valence-electron chi connectivity index (χ3n) is 4.75. The van der Waals surface area contributed by atoms with E-state index in [2.05, 4.69) is 22.8 Å². The Morgan fingerprint density at radius 1 is 1.22 bits per heavy atom. The van der Waals surface area contributed by atoms with Gasteiger partial charge in [-0.15, -0.1) is 0 Å². The summed E-state index contributed by atoms with van der Waals surface area (Å²) < 4.78 is 5.35. The van der Waals surface area contributed by atoms with Gasteiger partial charge in [0, 0.05) is 13.0 Å². The predicted molar refractivity (Wildman–Crippen MR) is 102 cm³/mol. The fourth-order valence-corrected chi connectivity index (χ4v) is 3.32. The zero-order valence-electron chi connectivity index (χ0n) is 15.4. The number of benzene rings is 1. The summed E-state index contributed by atoms with van der Waals surface area (Å²) in [5.74, 6) is -0.200. The van der Waals surface area contributed by atoms with Crippen LogP contribution in [0.4, 0.5) is 0 Å². The Labute approximate surface area is 158 Å². The van der Waals surface area contributed by atoms with E-state index in [9.17, 15) is 14.4 Å². The fraction of sp³-hybridized carbons (Fsp3) is 0.381. The van der Waals surface area contributed by atoms with E-state index in [1.165, 1.54) is 5.56 Å². The molecule has 142 valence electrons. The Morgan fingerprint density at radius 3 is 2.70 bits per heavy atom. The lowest BCUT2D eigenvalue weighted by Crippen LogP contribution is -2.50. The van der Waals surface area contributed by atoms with E-state index in [1.54, 1.807) is 13.0 Å². The minimum Gasteiger partial charge on any atom is -0.427 e. The van der Waals surface area contributed by atoms with Crippen LogP contribution in [-0.2, 0) is 17.6 Å². The van der Waals surface area contributed by atoms with Crippen molar-refractivity contribution in [3.05, 3.63) is 69.3 Å². The molecule has 2 amide bonds. The lowest BCUT2D eigenvalue weighted by molar-refractivity contribution is -0.124. The maximum Gasteiger partial charge on any atom is 0.349 e. The molecule has 2 N–H and O–H groups in total.